The van der Waals surface area contributed by atoms with Crippen molar-refractivity contribution in [2.75, 3.05) is 26.3 Å². The molecule has 2 aliphatic heterocycles. The highest BCUT2D eigenvalue weighted by atomic mass is 35.5. The zero-order valence-corrected chi connectivity index (χ0v) is 14.6. The van der Waals surface area contributed by atoms with Crippen molar-refractivity contribution in [1.82, 2.24) is 10.6 Å². The average Bonchev–Trinajstić information content (AvgIpc) is 2.57. The number of nitrogens with one attached hydrogen (secondary N) is 2. The van der Waals surface area contributed by atoms with E-state index in [0.717, 1.165) is 57.6 Å². The fraction of sp³-hybridized carbons (Fsp3) is 0.611. The van der Waals surface area contributed by atoms with Crippen LogP contribution in [0.15, 0.2) is 18.2 Å². The molecule has 2 N–H and O–H groups in total. The summed E-state index contributed by atoms with van der Waals surface area (Å²) in [5, 5.41) is 6.56. The lowest BCUT2D eigenvalue weighted by Gasteiger charge is -2.26. The van der Waals surface area contributed by atoms with Crippen molar-refractivity contribution in [3.05, 3.63) is 34.9 Å². The molecule has 0 aromatic heterocycles. The Balaban J connectivity index is 0.00000192. The van der Waals surface area contributed by atoms with Crippen LogP contribution in [0.2, 0.25) is 0 Å². The van der Waals surface area contributed by atoms with E-state index in [1.54, 1.807) is 0 Å². The van der Waals surface area contributed by atoms with Crippen molar-refractivity contribution >= 4 is 18.3 Å². The van der Waals surface area contributed by atoms with Crippen molar-refractivity contribution in [2.45, 2.75) is 44.6 Å². The van der Waals surface area contributed by atoms with Gasteiger partial charge in [-0.2, -0.15) is 0 Å². The quantitative estimate of drug-likeness (QED) is 0.891. The van der Waals surface area contributed by atoms with Crippen LogP contribution in [0, 0.1) is 6.92 Å². The molecule has 5 heteroatoms. The third kappa shape index (κ3) is 4.69. The van der Waals surface area contributed by atoms with Crippen LogP contribution in [0.25, 0.3) is 0 Å². The van der Waals surface area contributed by atoms with Gasteiger partial charge in [-0.1, -0.05) is 6.07 Å². The molecule has 0 radical (unpaired) electrons. The first-order valence-corrected chi connectivity index (χ1v) is 8.44. The van der Waals surface area contributed by atoms with Gasteiger partial charge in [-0.25, -0.2) is 0 Å². The second-order valence-electron chi connectivity index (χ2n) is 6.46. The van der Waals surface area contributed by atoms with Gasteiger partial charge in [0.15, 0.2) is 0 Å². The number of carbonyl (C=O) groups is 1. The maximum absolute atomic E-state index is 12.5. The van der Waals surface area contributed by atoms with Crippen molar-refractivity contribution in [3.63, 3.8) is 0 Å². The van der Waals surface area contributed by atoms with Gasteiger partial charge in [0.1, 0.15) is 0 Å². The Morgan fingerprint density at radius 1 is 1.17 bits per heavy atom. The largest absolute Gasteiger partial charge is 0.381 e. The van der Waals surface area contributed by atoms with Gasteiger partial charge in [-0.3, -0.25) is 4.79 Å². The summed E-state index contributed by atoms with van der Waals surface area (Å²) in [6.07, 6.45) is 4.15. The maximum atomic E-state index is 12.5. The molecule has 2 aliphatic rings. The lowest BCUT2D eigenvalue weighted by molar-refractivity contribution is 0.0696. The first-order chi connectivity index (χ1) is 10.7. The van der Waals surface area contributed by atoms with Crippen LogP contribution >= 0.6 is 12.4 Å². The number of ether oxygens (including phenoxy) is 1. The van der Waals surface area contributed by atoms with Gasteiger partial charge in [-0.05, 0) is 74.9 Å². The zero-order valence-electron chi connectivity index (χ0n) is 13.8. The number of aryl methyl sites for hydroxylation is 1. The van der Waals surface area contributed by atoms with E-state index in [0.29, 0.717) is 5.92 Å². The van der Waals surface area contributed by atoms with E-state index >= 15 is 0 Å². The molecule has 1 aromatic rings. The first kappa shape index (κ1) is 18.2. The summed E-state index contributed by atoms with van der Waals surface area (Å²) < 4.78 is 5.34. The van der Waals surface area contributed by atoms with Crippen LogP contribution in [0.3, 0.4) is 0 Å². The number of benzene rings is 1. The molecule has 3 rings (SSSR count). The van der Waals surface area contributed by atoms with E-state index in [1.807, 2.05) is 6.07 Å². The normalized spacial score (nSPS) is 19.9. The van der Waals surface area contributed by atoms with Gasteiger partial charge in [-0.15, -0.1) is 12.4 Å². The van der Waals surface area contributed by atoms with Crippen LogP contribution in [-0.4, -0.2) is 38.3 Å². The van der Waals surface area contributed by atoms with Gasteiger partial charge in [0.05, 0.1) is 0 Å². The minimum atomic E-state index is 0. The molecule has 0 atom stereocenters. The highest BCUT2D eigenvalue weighted by Crippen LogP contribution is 2.28. The average molecular weight is 339 g/mol. The Bertz CT molecular complexity index is 524. The predicted octanol–water partition coefficient (Wildman–Crippen LogP) is 2.79. The molecule has 0 unspecified atom stereocenters. The van der Waals surface area contributed by atoms with Gasteiger partial charge in [0.2, 0.25) is 0 Å². The molecular weight excluding hydrogens is 312 g/mol. The summed E-state index contributed by atoms with van der Waals surface area (Å²) in [6, 6.07) is 6.41. The molecule has 2 fully saturated rings. The lowest BCUT2D eigenvalue weighted by atomic mass is 9.86. The van der Waals surface area contributed by atoms with Gasteiger partial charge < -0.3 is 15.4 Å². The van der Waals surface area contributed by atoms with Crippen molar-refractivity contribution in [2.24, 2.45) is 0 Å². The van der Waals surface area contributed by atoms with E-state index in [2.05, 4.69) is 29.7 Å². The molecule has 1 amide bonds. The fourth-order valence-electron chi connectivity index (χ4n) is 3.47. The van der Waals surface area contributed by atoms with Crippen LogP contribution in [0.5, 0.6) is 0 Å². The number of hydrogen-bond acceptors (Lipinski definition) is 3. The van der Waals surface area contributed by atoms with Crippen LogP contribution in [-0.2, 0) is 4.74 Å². The van der Waals surface area contributed by atoms with Crippen molar-refractivity contribution in [1.29, 1.82) is 0 Å². The molecule has 4 nitrogen and oxygen atoms in total. The Morgan fingerprint density at radius 3 is 2.57 bits per heavy atom. The molecule has 2 saturated heterocycles. The van der Waals surface area contributed by atoms with Crippen LogP contribution < -0.4 is 10.6 Å². The molecule has 1 aromatic carbocycles. The number of piperidine rings is 1. The topological polar surface area (TPSA) is 50.4 Å². The number of rotatable bonds is 3. The van der Waals surface area contributed by atoms with Crippen molar-refractivity contribution in [3.8, 4) is 0 Å². The first-order valence-electron chi connectivity index (χ1n) is 8.44. The molecular formula is C18H27ClN2O2. The highest BCUT2D eigenvalue weighted by molar-refractivity contribution is 5.94. The Kier molecular flexibility index (Phi) is 6.88. The Morgan fingerprint density at radius 2 is 1.87 bits per heavy atom. The molecule has 0 aliphatic carbocycles. The van der Waals surface area contributed by atoms with Gasteiger partial charge in [0.25, 0.3) is 5.91 Å². The standard InChI is InChI=1S/C18H26N2O2.ClH/c1-13-2-3-15(12-17(13)14-4-8-19-9-5-14)18(21)20-16-6-10-22-11-7-16;/h2-3,12,14,16,19H,4-11H2,1H3,(H,20,21);1H. The number of halogens is 1. The molecule has 0 saturated carbocycles. The van der Waals surface area contributed by atoms with Crippen molar-refractivity contribution < 1.29 is 9.53 Å². The summed E-state index contributed by atoms with van der Waals surface area (Å²) in [7, 11) is 0. The summed E-state index contributed by atoms with van der Waals surface area (Å²) in [5.74, 6) is 0.638. The van der Waals surface area contributed by atoms with E-state index in [-0.39, 0.29) is 24.4 Å². The number of hydrogen-bond donors (Lipinski definition) is 2. The van der Waals surface area contributed by atoms with Gasteiger partial charge >= 0.3 is 0 Å². The fourth-order valence-corrected chi connectivity index (χ4v) is 3.47. The highest BCUT2D eigenvalue weighted by Gasteiger charge is 2.20. The van der Waals surface area contributed by atoms with E-state index in [1.165, 1.54) is 11.1 Å². The zero-order chi connectivity index (χ0) is 15.4. The summed E-state index contributed by atoms with van der Waals surface area (Å²) >= 11 is 0. The smallest absolute Gasteiger partial charge is 0.251 e. The second kappa shape index (κ2) is 8.67. The van der Waals surface area contributed by atoms with E-state index < -0.39 is 0 Å². The van der Waals surface area contributed by atoms with Crippen LogP contribution in [0.1, 0.15) is 53.1 Å². The SMILES string of the molecule is Cc1ccc(C(=O)NC2CCOCC2)cc1C1CCNCC1.Cl. The minimum Gasteiger partial charge on any atom is -0.381 e. The summed E-state index contributed by atoms with van der Waals surface area (Å²) in [6.45, 7) is 5.79. The second-order valence-corrected chi connectivity index (χ2v) is 6.46. The maximum Gasteiger partial charge on any atom is 0.251 e. The summed E-state index contributed by atoms with van der Waals surface area (Å²) in [4.78, 5) is 12.5. The molecule has 128 valence electrons. The number of amides is 1. The minimum absolute atomic E-state index is 0. The molecule has 23 heavy (non-hydrogen) atoms. The number of carbonyl (C=O) groups excluding carboxylic acids is 1. The lowest BCUT2D eigenvalue weighted by Crippen LogP contribution is -2.39. The third-order valence-corrected chi connectivity index (χ3v) is 4.88. The monoisotopic (exact) mass is 338 g/mol. The predicted molar refractivity (Wildman–Crippen MR) is 94.6 cm³/mol. The van der Waals surface area contributed by atoms with Crippen LogP contribution in [0.4, 0.5) is 0 Å². The third-order valence-electron chi connectivity index (χ3n) is 4.88. The van der Waals surface area contributed by atoms with Gasteiger partial charge in [0, 0.05) is 24.8 Å². The molecule has 0 spiro atoms. The molecule has 2 heterocycles. The Hall–Kier alpha value is -1.10. The van der Waals surface area contributed by atoms with E-state index in [4.69, 9.17) is 4.74 Å². The summed E-state index contributed by atoms with van der Waals surface area (Å²) in [5.41, 5.74) is 3.45. The van der Waals surface area contributed by atoms with E-state index in [9.17, 15) is 4.79 Å². The molecule has 0 bridgehead atoms. The Labute approximate surface area is 144 Å².